The van der Waals surface area contributed by atoms with E-state index in [1.54, 1.807) is 17.1 Å². The summed E-state index contributed by atoms with van der Waals surface area (Å²) >= 11 is 0. The molecular formula is C16H16N4O. The molecule has 0 spiro atoms. The summed E-state index contributed by atoms with van der Waals surface area (Å²) in [6.07, 6.45) is 4.92. The quantitative estimate of drug-likeness (QED) is 0.690. The van der Waals surface area contributed by atoms with Crippen molar-refractivity contribution < 1.29 is 4.79 Å². The fraction of sp³-hybridized carbons (Fsp3) is 0.188. The molecule has 106 valence electrons. The van der Waals surface area contributed by atoms with E-state index in [2.05, 4.69) is 10.4 Å². The second kappa shape index (κ2) is 6.53. The van der Waals surface area contributed by atoms with E-state index < -0.39 is 0 Å². The van der Waals surface area contributed by atoms with Crippen molar-refractivity contribution in [1.29, 1.82) is 5.26 Å². The number of hydrogen-bond donors (Lipinski definition) is 1. The van der Waals surface area contributed by atoms with Crippen LogP contribution in [0.3, 0.4) is 0 Å². The van der Waals surface area contributed by atoms with Gasteiger partial charge >= 0.3 is 0 Å². The number of nitriles is 1. The normalized spacial score (nSPS) is 11.2. The molecule has 0 fully saturated rings. The van der Waals surface area contributed by atoms with Gasteiger partial charge in [0.2, 0.25) is 0 Å². The molecule has 0 radical (unpaired) electrons. The molecule has 2 aromatic rings. The Bertz CT molecular complexity index is 693. The van der Waals surface area contributed by atoms with Gasteiger partial charge in [-0.1, -0.05) is 18.2 Å². The summed E-state index contributed by atoms with van der Waals surface area (Å²) in [4.78, 5) is 11.8. The molecule has 2 rings (SSSR count). The van der Waals surface area contributed by atoms with Crippen molar-refractivity contribution in [2.24, 2.45) is 0 Å². The highest BCUT2D eigenvalue weighted by molar-refractivity contribution is 6.01. The van der Waals surface area contributed by atoms with Crippen molar-refractivity contribution in [2.45, 2.75) is 19.9 Å². The summed E-state index contributed by atoms with van der Waals surface area (Å²) in [6, 6.07) is 11.5. The van der Waals surface area contributed by atoms with Crippen LogP contribution in [0.15, 0.2) is 48.3 Å². The third kappa shape index (κ3) is 3.80. The van der Waals surface area contributed by atoms with Gasteiger partial charge in [-0.25, -0.2) is 4.68 Å². The number of carbonyl (C=O) groups excluding carboxylic acids is 1. The van der Waals surface area contributed by atoms with Gasteiger partial charge in [-0.3, -0.25) is 4.79 Å². The van der Waals surface area contributed by atoms with E-state index in [0.717, 1.165) is 5.69 Å². The minimum absolute atomic E-state index is 0.0127. The van der Waals surface area contributed by atoms with Crippen LogP contribution in [0, 0.1) is 11.3 Å². The van der Waals surface area contributed by atoms with Gasteiger partial charge in [0.15, 0.2) is 0 Å². The zero-order valence-electron chi connectivity index (χ0n) is 11.9. The maximum absolute atomic E-state index is 11.8. The van der Waals surface area contributed by atoms with Gasteiger partial charge in [-0.2, -0.15) is 10.4 Å². The molecule has 0 saturated carbocycles. The molecule has 21 heavy (non-hydrogen) atoms. The Labute approximate surface area is 123 Å². The van der Waals surface area contributed by atoms with Crippen molar-refractivity contribution in [3.05, 3.63) is 53.9 Å². The first kappa shape index (κ1) is 14.5. The van der Waals surface area contributed by atoms with E-state index in [1.807, 2.05) is 50.2 Å². The Morgan fingerprint density at radius 1 is 1.38 bits per heavy atom. The fourth-order valence-corrected chi connectivity index (χ4v) is 1.79. The van der Waals surface area contributed by atoms with Crippen molar-refractivity contribution in [2.75, 3.05) is 0 Å². The van der Waals surface area contributed by atoms with Crippen molar-refractivity contribution in [1.82, 2.24) is 15.1 Å². The molecule has 1 amide bonds. The number of rotatable bonds is 4. The Hall–Kier alpha value is -2.87. The van der Waals surface area contributed by atoms with Crippen LogP contribution < -0.4 is 5.32 Å². The molecule has 0 atom stereocenters. The number of hydrogen-bond acceptors (Lipinski definition) is 3. The summed E-state index contributed by atoms with van der Waals surface area (Å²) < 4.78 is 1.70. The summed E-state index contributed by atoms with van der Waals surface area (Å²) in [7, 11) is 0. The van der Waals surface area contributed by atoms with Crippen LogP contribution in [0.1, 0.15) is 19.4 Å². The van der Waals surface area contributed by atoms with E-state index in [0.29, 0.717) is 5.56 Å². The fourth-order valence-electron chi connectivity index (χ4n) is 1.79. The van der Waals surface area contributed by atoms with E-state index in [9.17, 15) is 4.79 Å². The Morgan fingerprint density at radius 2 is 2.10 bits per heavy atom. The molecule has 0 aliphatic carbocycles. The average Bonchev–Trinajstić information content (AvgIpc) is 2.93. The van der Waals surface area contributed by atoms with Crippen molar-refractivity contribution in [3.63, 3.8) is 0 Å². The second-order valence-electron chi connectivity index (χ2n) is 4.85. The third-order valence-electron chi connectivity index (χ3n) is 2.72. The van der Waals surface area contributed by atoms with Crippen LogP contribution in [0.4, 0.5) is 0 Å². The Morgan fingerprint density at radius 3 is 2.71 bits per heavy atom. The second-order valence-corrected chi connectivity index (χ2v) is 4.85. The molecule has 0 unspecified atom stereocenters. The van der Waals surface area contributed by atoms with Gasteiger partial charge in [-0.15, -0.1) is 0 Å². The number of nitrogens with zero attached hydrogens (tertiary/aromatic N) is 3. The highest BCUT2D eigenvalue weighted by Gasteiger charge is 2.10. The molecule has 0 aliphatic heterocycles. The molecule has 0 bridgehead atoms. The number of benzene rings is 1. The van der Waals surface area contributed by atoms with Gasteiger partial charge in [-0.05, 0) is 32.1 Å². The molecule has 1 heterocycles. The first-order chi connectivity index (χ1) is 10.1. The van der Waals surface area contributed by atoms with E-state index >= 15 is 0 Å². The molecule has 5 heteroatoms. The molecule has 5 nitrogen and oxygen atoms in total. The van der Waals surface area contributed by atoms with Gasteiger partial charge in [0, 0.05) is 17.8 Å². The number of carbonyl (C=O) groups is 1. The molecule has 1 aromatic heterocycles. The zero-order valence-corrected chi connectivity index (χ0v) is 11.9. The lowest BCUT2D eigenvalue weighted by Gasteiger charge is -2.06. The summed E-state index contributed by atoms with van der Waals surface area (Å²) in [5, 5.41) is 16.0. The molecule has 1 N–H and O–H groups in total. The number of nitrogens with one attached hydrogen (secondary N) is 1. The van der Waals surface area contributed by atoms with E-state index in [1.165, 1.54) is 6.08 Å². The number of aromatic nitrogens is 2. The maximum atomic E-state index is 11.8. The minimum Gasteiger partial charge on any atom is -0.349 e. The van der Waals surface area contributed by atoms with Crippen LogP contribution in [-0.2, 0) is 4.79 Å². The van der Waals surface area contributed by atoms with Gasteiger partial charge in [0.05, 0.1) is 11.9 Å². The number of para-hydroxylation sites is 1. The van der Waals surface area contributed by atoms with Gasteiger partial charge in [0.1, 0.15) is 11.6 Å². The first-order valence-electron chi connectivity index (χ1n) is 6.63. The third-order valence-corrected chi connectivity index (χ3v) is 2.72. The van der Waals surface area contributed by atoms with Crippen LogP contribution in [0.25, 0.3) is 11.8 Å². The highest BCUT2D eigenvalue weighted by Crippen LogP contribution is 2.10. The van der Waals surface area contributed by atoms with E-state index in [4.69, 9.17) is 5.26 Å². The lowest BCUT2D eigenvalue weighted by Crippen LogP contribution is -2.30. The maximum Gasteiger partial charge on any atom is 0.262 e. The van der Waals surface area contributed by atoms with Gasteiger partial charge in [0.25, 0.3) is 5.91 Å². The molecule has 0 aliphatic rings. The largest absolute Gasteiger partial charge is 0.349 e. The van der Waals surface area contributed by atoms with Crippen LogP contribution >= 0.6 is 0 Å². The van der Waals surface area contributed by atoms with Crippen molar-refractivity contribution >= 4 is 12.0 Å². The summed E-state index contributed by atoms with van der Waals surface area (Å²) in [5.41, 5.74) is 1.69. The monoisotopic (exact) mass is 280 g/mol. The predicted octanol–water partition coefficient (Wildman–Crippen LogP) is 2.30. The van der Waals surface area contributed by atoms with Crippen LogP contribution in [0.2, 0.25) is 0 Å². The average molecular weight is 280 g/mol. The Kier molecular flexibility index (Phi) is 4.52. The van der Waals surface area contributed by atoms with Crippen molar-refractivity contribution in [3.8, 4) is 11.8 Å². The summed E-state index contributed by atoms with van der Waals surface area (Å²) in [5.74, 6) is -0.375. The van der Waals surface area contributed by atoms with Crippen LogP contribution in [-0.4, -0.2) is 21.7 Å². The van der Waals surface area contributed by atoms with Gasteiger partial charge < -0.3 is 5.32 Å². The molecule has 0 saturated heterocycles. The zero-order chi connectivity index (χ0) is 15.2. The Balaban J connectivity index is 2.23. The standard InChI is InChI=1S/C16H16N4O/c1-12(2)19-16(21)14(9-17)8-13-10-18-20(11-13)15-6-4-3-5-7-15/h3-8,10-12H,1-2H3,(H,19,21)/b14-8+. The SMILES string of the molecule is CC(C)NC(=O)/C(C#N)=C/c1cnn(-c2ccccc2)c1. The first-order valence-corrected chi connectivity index (χ1v) is 6.63. The topological polar surface area (TPSA) is 70.7 Å². The number of amides is 1. The molecule has 1 aromatic carbocycles. The van der Waals surface area contributed by atoms with Crippen LogP contribution in [0.5, 0.6) is 0 Å². The van der Waals surface area contributed by atoms with E-state index in [-0.39, 0.29) is 17.5 Å². The smallest absolute Gasteiger partial charge is 0.262 e. The minimum atomic E-state index is -0.375. The molecular weight excluding hydrogens is 264 g/mol. The summed E-state index contributed by atoms with van der Waals surface area (Å²) in [6.45, 7) is 3.70. The lowest BCUT2D eigenvalue weighted by atomic mass is 10.2. The lowest BCUT2D eigenvalue weighted by molar-refractivity contribution is -0.117. The predicted molar refractivity (Wildman–Crippen MR) is 80.4 cm³/mol. The highest BCUT2D eigenvalue weighted by atomic mass is 16.1.